The van der Waals surface area contributed by atoms with Crippen LogP contribution in [0, 0.1) is 6.92 Å². The fourth-order valence-electron chi connectivity index (χ4n) is 3.80. The predicted octanol–water partition coefficient (Wildman–Crippen LogP) is 3.27. The van der Waals surface area contributed by atoms with Crippen molar-refractivity contribution in [2.24, 2.45) is 0 Å². The van der Waals surface area contributed by atoms with Crippen molar-refractivity contribution in [2.75, 3.05) is 27.9 Å². The molecule has 3 rings (SSSR count). The highest BCUT2D eigenvalue weighted by atomic mass is 32.2. The average molecular weight is 513 g/mol. The summed E-state index contributed by atoms with van der Waals surface area (Å²) in [4.78, 5) is 13.2. The molecular formula is C27H32N2O6S. The van der Waals surface area contributed by atoms with Crippen molar-refractivity contribution in [3.05, 3.63) is 83.4 Å². The fourth-order valence-corrected chi connectivity index (χ4v) is 5.08. The number of rotatable bonds is 12. The molecule has 0 spiro atoms. The van der Waals surface area contributed by atoms with Gasteiger partial charge < -0.3 is 19.5 Å². The van der Waals surface area contributed by atoms with Crippen LogP contribution in [0.25, 0.3) is 0 Å². The van der Waals surface area contributed by atoms with Crippen molar-refractivity contribution in [2.45, 2.75) is 30.7 Å². The quantitative estimate of drug-likeness (QED) is 0.386. The maximum Gasteiger partial charge on any atom is 0.241 e. The smallest absolute Gasteiger partial charge is 0.241 e. The van der Waals surface area contributed by atoms with E-state index in [2.05, 4.69) is 10.0 Å². The monoisotopic (exact) mass is 512 g/mol. The van der Waals surface area contributed by atoms with Gasteiger partial charge in [-0.05, 0) is 66.8 Å². The normalized spacial score (nSPS) is 12.0. The molecule has 0 bridgehead atoms. The molecule has 1 atom stereocenters. The van der Waals surface area contributed by atoms with Crippen LogP contribution in [0.2, 0.25) is 0 Å². The van der Waals surface area contributed by atoms with Crippen LogP contribution >= 0.6 is 0 Å². The molecule has 2 N–H and O–H groups in total. The first-order valence-electron chi connectivity index (χ1n) is 11.5. The van der Waals surface area contributed by atoms with Gasteiger partial charge in [-0.2, -0.15) is 4.72 Å². The number of carbonyl (C=O) groups is 1. The first kappa shape index (κ1) is 27.0. The Morgan fingerprint density at radius 3 is 2.14 bits per heavy atom. The summed E-state index contributed by atoms with van der Waals surface area (Å²) in [5.74, 6) is 1.40. The Morgan fingerprint density at radius 2 is 1.50 bits per heavy atom. The molecule has 0 aliphatic rings. The van der Waals surface area contributed by atoms with Crippen molar-refractivity contribution in [1.82, 2.24) is 10.0 Å². The molecule has 8 nitrogen and oxygen atoms in total. The van der Waals surface area contributed by atoms with Gasteiger partial charge in [-0.25, -0.2) is 8.42 Å². The minimum Gasteiger partial charge on any atom is -0.496 e. The number of carbonyl (C=O) groups excluding carboxylic acids is 1. The molecule has 0 saturated carbocycles. The molecule has 0 aromatic heterocycles. The molecule has 1 amide bonds. The standard InChI is InChI=1S/C27H32N2O6S/c1-19-16-22(11-13-24(19)33-2)36(31,32)29-23(17-20-8-6-5-7-9-20)27(30)28-15-14-21-10-12-25(34-3)26(18-21)35-4/h5-13,16,18,23,29H,14-15,17H2,1-4H3,(H,28,30)/t23-/m0/s1. The van der Waals surface area contributed by atoms with Crippen molar-refractivity contribution >= 4 is 15.9 Å². The molecule has 0 aliphatic heterocycles. The first-order chi connectivity index (χ1) is 17.3. The van der Waals surface area contributed by atoms with Crippen LogP contribution in [-0.4, -0.2) is 48.2 Å². The lowest BCUT2D eigenvalue weighted by Crippen LogP contribution is -2.48. The van der Waals surface area contributed by atoms with Crippen LogP contribution < -0.4 is 24.2 Å². The van der Waals surface area contributed by atoms with E-state index in [-0.39, 0.29) is 11.3 Å². The Bertz CT molecular complexity index is 1280. The molecule has 0 aliphatic carbocycles. The van der Waals surface area contributed by atoms with Crippen molar-refractivity contribution < 1.29 is 27.4 Å². The second-order valence-corrected chi connectivity index (χ2v) is 9.94. The Kier molecular flexibility index (Phi) is 9.32. The van der Waals surface area contributed by atoms with E-state index in [9.17, 15) is 13.2 Å². The van der Waals surface area contributed by atoms with Crippen LogP contribution in [-0.2, 0) is 27.7 Å². The largest absolute Gasteiger partial charge is 0.496 e. The molecule has 192 valence electrons. The van der Waals surface area contributed by atoms with E-state index in [4.69, 9.17) is 14.2 Å². The molecule has 0 radical (unpaired) electrons. The highest BCUT2D eigenvalue weighted by molar-refractivity contribution is 7.89. The molecule has 9 heteroatoms. The number of sulfonamides is 1. The van der Waals surface area contributed by atoms with Crippen molar-refractivity contribution in [3.63, 3.8) is 0 Å². The number of benzene rings is 3. The third kappa shape index (κ3) is 6.99. The van der Waals surface area contributed by atoms with Gasteiger partial charge in [0.1, 0.15) is 11.8 Å². The van der Waals surface area contributed by atoms with Gasteiger partial charge in [0.05, 0.1) is 26.2 Å². The van der Waals surface area contributed by atoms with E-state index in [1.165, 1.54) is 19.2 Å². The fraction of sp³-hybridized carbons (Fsp3) is 0.296. The lowest BCUT2D eigenvalue weighted by molar-refractivity contribution is -0.122. The zero-order valence-corrected chi connectivity index (χ0v) is 21.7. The number of hydrogen-bond acceptors (Lipinski definition) is 6. The Morgan fingerprint density at radius 1 is 0.833 bits per heavy atom. The number of amides is 1. The van der Waals surface area contributed by atoms with E-state index in [1.807, 2.05) is 42.5 Å². The van der Waals surface area contributed by atoms with E-state index in [0.29, 0.717) is 35.8 Å². The lowest BCUT2D eigenvalue weighted by Gasteiger charge is -2.19. The molecule has 3 aromatic rings. The van der Waals surface area contributed by atoms with Gasteiger partial charge in [-0.15, -0.1) is 0 Å². The maximum absolute atomic E-state index is 13.2. The van der Waals surface area contributed by atoms with Crippen LogP contribution in [0.5, 0.6) is 17.2 Å². The second-order valence-electron chi connectivity index (χ2n) is 8.23. The van der Waals surface area contributed by atoms with Gasteiger partial charge in [0.25, 0.3) is 0 Å². The Balaban J connectivity index is 1.74. The second kappa shape index (κ2) is 12.4. The zero-order chi connectivity index (χ0) is 26.1. The molecule has 0 unspecified atom stereocenters. The number of aryl methyl sites for hydroxylation is 1. The summed E-state index contributed by atoms with van der Waals surface area (Å²) in [6, 6.07) is 18.4. The van der Waals surface area contributed by atoms with Gasteiger partial charge in [0.2, 0.25) is 15.9 Å². The summed E-state index contributed by atoms with van der Waals surface area (Å²) in [6.07, 6.45) is 0.742. The minimum atomic E-state index is -3.96. The first-order valence-corrected chi connectivity index (χ1v) is 12.9. The van der Waals surface area contributed by atoms with Crippen molar-refractivity contribution in [1.29, 1.82) is 0 Å². The topological polar surface area (TPSA) is 103 Å². The summed E-state index contributed by atoms with van der Waals surface area (Å²) < 4.78 is 44.7. The minimum absolute atomic E-state index is 0.0667. The lowest BCUT2D eigenvalue weighted by atomic mass is 10.1. The van der Waals surface area contributed by atoms with Gasteiger partial charge in [-0.1, -0.05) is 36.4 Å². The average Bonchev–Trinajstić information content (AvgIpc) is 2.88. The van der Waals surface area contributed by atoms with E-state index in [1.54, 1.807) is 33.3 Å². The van der Waals surface area contributed by atoms with E-state index < -0.39 is 22.0 Å². The Labute approximate surface area is 212 Å². The summed E-state index contributed by atoms with van der Waals surface area (Å²) in [7, 11) is 0.694. The third-order valence-corrected chi connectivity index (χ3v) is 7.20. The third-order valence-electron chi connectivity index (χ3n) is 5.73. The summed E-state index contributed by atoms with van der Waals surface area (Å²) in [5.41, 5.74) is 2.47. The van der Waals surface area contributed by atoms with Crippen LogP contribution in [0.1, 0.15) is 16.7 Å². The van der Waals surface area contributed by atoms with Crippen LogP contribution in [0.3, 0.4) is 0 Å². The zero-order valence-electron chi connectivity index (χ0n) is 20.9. The van der Waals surface area contributed by atoms with Gasteiger partial charge in [0, 0.05) is 6.54 Å². The van der Waals surface area contributed by atoms with Gasteiger partial charge in [0.15, 0.2) is 11.5 Å². The van der Waals surface area contributed by atoms with E-state index in [0.717, 1.165) is 11.1 Å². The van der Waals surface area contributed by atoms with Crippen LogP contribution in [0.15, 0.2) is 71.6 Å². The molecule has 0 heterocycles. The van der Waals surface area contributed by atoms with Gasteiger partial charge >= 0.3 is 0 Å². The Hall–Kier alpha value is -3.56. The highest BCUT2D eigenvalue weighted by Gasteiger charge is 2.26. The number of nitrogens with one attached hydrogen (secondary N) is 2. The van der Waals surface area contributed by atoms with Gasteiger partial charge in [-0.3, -0.25) is 4.79 Å². The predicted molar refractivity (Wildman–Crippen MR) is 138 cm³/mol. The SMILES string of the molecule is COc1ccc(S(=O)(=O)N[C@@H](Cc2ccccc2)C(=O)NCCc2ccc(OC)c(OC)c2)cc1C. The molecular weight excluding hydrogens is 480 g/mol. The summed E-state index contributed by atoms with van der Waals surface area (Å²) >= 11 is 0. The molecule has 36 heavy (non-hydrogen) atoms. The van der Waals surface area contributed by atoms with Crippen molar-refractivity contribution in [3.8, 4) is 17.2 Å². The summed E-state index contributed by atoms with van der Waals surface area (Å²) in [6.45, 7) is 2.09. The summed E-state index contributed by atoms with van der Waals surface area (Å²) in [5, 5.41) is 2.86. The number of ether oxygens (including phenoxy) is 3. The molecule has 0 saturated heterocycles. The van der Waals surface area contributed by atoms with E-state index >= 15 is 0 Å². The number of methoxy groups -OCH3 is 3. The van der Waals surface area contributed by atoms with Crippen LogP contribution in [0.4, 0.5) is 0 Å². The number of hydrogen-bond donors (Lipinski definition) is 2. The molecule has 0 fully saturated rings. The maximum atomic E-state index is 13.2. The highest BCUT2D eigenvalue weighted by Crippen LogP contribution is 2.27. The molecule has 3 aromatic carbocycles.